The van der Waals surface area contributed by atoms with E-state index >= 15 is 0 Å². The van der Waals surface area contributed by atoms with Gasteiger partial charge in [-0.05, 0) is 31.1 Å². The highest BCUT2D eigenvalue weighted by molar-refractivity contribution is 6.18. The maximum Gasteiger partial charge on any atom is 0.225 e. The number of rotatable bonds is 4. The maximum absolute atomic E-state index is 11.8. The Hall–Kier alpha value is -0.280. The molecular formula is C12H20ClNO2. The molecule has 0 aromatic carbocycles. The van der Waals surface area contributed by atoms with Crippen molar-refractivity contribution in [2.45, 2.75) is 25.7 Å². The predicted molar refractivity (Wildman–Crippen MR) is 63.5 cm³/mol. The summed E-state index contributed by atoms with van der Waals surface area (Å²) < 4.78 is 5.21. The van der Waals surface area contributed by atoms with E-state index < -0.39 is 0 Å². The summed E-state index contributed by atoms with van der Waals surface area (Å²) in [6.07, 6.45) is 4.55. The van der Waals surface area contributed by atoms with Gasteiger partial charge in [0.15, 0.2) is 0 Å². The predicted octanol–water partition coefficient (Wildman–Crippen LogP) is 1.79. The van der Waals surface area contributed by atoms with Crippen molar-refractivity contribution in [3.63, 3.8) is 0 Å². The first kappa shape index (κ1) is 12.2. The first-order valence-corrected chi connectivity index (χ1v) is 6.76. The Morgan fingerprint density at radius 1 is 1.31 bits per heavy atom. The van der Waals surface area contributed by atoms with Crippen molar-refractivity contribution in [1.82, 2.24) is 5.32 Å². The van der Waals surface area contributed by atoms with Crippen LogP contribution in [0.5, 0.6) is 0 Å². The summed E-state index contributed by atoms with van der Waals surface area (Å²) in [4.78, 5) is 11.8. The van der Waals surface area contributed by atoms with Crippen molar-refractivity contribution < 1.29 is 9.53 Å². The molecule has 2 rings (SSSR count). The minimum absolute atomic E-state index is 0.0795. The highest BCUT2D eigenvalue weighted by Crippen LogP contribution is 2.32. The average Bonchev–Trinajstić information content (AvgIpc) is 2.96. The Kier molecular flexibility index (Phi) is 4.47. The quantitative estimate of drug-likeness (QED) is 0.767. The average molecular weight is 246 g/mol. The van der Waals surface area contributed by atoms with Crippen molar-refractivity contribution in [2.24, 2.45) is 17.8 Å². The topological polar surface area (TPSA) is 38.3 Å². The van der Waals surface area contributed by atoms with Gasteiger partial charge in [0.1, 0.15) is 0 Å². The van der Waals surface area contributed by atoms with Gasteiger partial charge in [-0.1, -0.05) is 6.42 Å². The molecular weight excluding hydrogens is 226 g/mol. The summed E-state index contributed by atoms with van der Waals surface area (Å²) in [7, 11) is 0. The van der Waals surface area contributed by atoms with Crippen LogP contribution in [0.2, 0.25) is 0 Å². The molecule has 1 aliphatic heterocycles. The van der Waals surface area contributed by atoms with Crippen LogP contribution in [0, 0.1) is 17.8 Å². The van der Waals surface area contributed by atoms with Crippen LogP contribution in [0.4, 0.5) is 0 Å². The van der Waals surface area contributed by atoms with Crippen LogP contribution in [0.15, 0.2) is 0 Å². The first-order chi connectivity index (χ1) is 7.81. The molecule has 1 heterocycles. The minimum Gasteiger partial charge on any atom is -0.381 e. The van der Waals surface area contributed by atoms with Gasteiger partial charge >= 0.3 is 0 Å². The number of hydrogen-bond donors (Lipinski definition) is 1. The fourth-order valence-electron chi connectivity index (χ4n) is 2.70. The molecule has 0 bridgehead atoms. The summed E-state index contributed by atoms with van der Waals surface area (Å²) in [5, 5.41) is 3.05. The molecule has 4 heteroatoms. The summed E-state index contributed by atoms with van der Waals surface area (Å²) in [6, 6.07) is 0. The van der Waals surface area contributed by atoms with Gasteiger partial charge in [-0.25, -0.2) is 0 Å². The van der Waals surface area contributed by atoms with Crippen LogP contribution in [0.25, 0.3) is 0 Å². The number of carbonyl (C=O) groups is 1. The van der Waals surface area contributed by atoms with Crippen LogP contribution < -0.4 is 5.32 Å². The lowest BCUT2D eigenvalue weighted by atomic mass is 9.97. The van der Waals surface area contributed by atoms with E-state index in [1.54, 1.807) is 0 Å². The lowest BCUT2D eigenvalue weighted by Gasteiger charge is -2.18. The van der Waals surface area contributed by atoms with Gasteiger partial charge in [-0.15, -0.1) is 11.6 Å². The van der Waals surface area contributed by atoms with Crippen molar-refractivity contribution in [3.05, 3.63) is 0 Å². The second kappa shape index (κ2) is 5.87. The van der Waals surface area contributed by atoms with Crippen LogP contribution in [0.1, 0.15) is 25.7 Å². The van der Waals surface area contributed by atoms with Crippen molar-refractivity contribution >= 4 is 17.5 Å². The van der Waals surface area contributed by atoms with Crippen LogP contribution in [0.3, 0.4) is 0 Å². The summed E-state index contributed by atoms with van der Waals surface area (Å²) in [5.74, 6) is 2.16. The van der Waals surface area contributed by atoms with E-state index in [-0.39, 0.29) is 11.8 Å². The molecule has 2 fully saturated rings. The number of amides is 1. The number of nitrogens with one attached hydrogen (secondary N) is 1. The molecule has 0 aromatic rings. The molecule has 3 unspecified atom stereocenters. The van der Waals surface area contributed by atoms with Gasteiger partial charge in [-0.3, -0.25) is 4.79 Å². The number of carbonyl (C=O) groups excluding carboxylic acids is 1. The molecule has 92 valence electrons. The Labute approximate surface area is 102 Å². The van der Waals surface area contributed by atoms with Gasteiger partial charge in [0.25, 0.3) is 0 Å². The third-order valence-electron chi connectivity index (χ3n) is 3.85. The maximum atomic E-state index is 11.8. The highest BCUT2D eigenvalue weighted by atomic mass is 35.5. The van der Waals surface area contributed by atoms with Crippen molar-refractivity contribution in [1.29, 1.82) is 0 Å². The molecule has 3 atom stereocenters. The molecule has 0 aromatic heterocycles. The Morgan fingerprint density at radius 3 is 2.81 bits per heavy atom. The number of hydrogen-bond acceptors (Lipinski definition) is 2. The fraction of sp³-hybridized carbons (Fsp3) is 0.917. The number of halogens is 1. The number of alkyl halides is 1. The zero-order chi connectivity index (χ0) is 11.4. The Bertz CT molecular complexity index is 241. The largest absolute Gasteiger partial charge is 0.381 e. The summed E-state index contributed by atoms with van der Waals surface area (Å²) >= 11 is 5.91. The Balaban J connectivity index is 1.71. The van der Waals surface area contributed by atoms with Crippen LogP contribution in [-0.2, 0) is 9.53 Å². The molecule has 1 N–H and O–H groups in total. The third kappa shape index (κ3) is 2.89. The summed E-state index contributed by atoms with van der Waals surface area (Å²) in [5.41, 5.74) is 0. The van der Waals surface area contributed by atoms with Gasteiger partial charge in [0.2, 0.25) is 5.91 Å². The molecule has 1 saturated carbocycles. The van der Waals surface area contributed by atoms with E-state index in [1.807, 2.05) is 0 Å². The molecule has 1 amide bonds. The first-order valence-electron chi connectivity index (χ1n) is 6.22. The SMILES string of the molecule is O=C(NCC1CCCC1CCl)C1CCOC1. The van der Waals surface area contributed by atoms with E-state index in [4.69, 9.17) is 16.3 Å². The standard InChI is InChI=1S/C12H20ClNO2/c13-6-9-2-1-3-10(9)7-14-12(15)11-4-5-16-8-11/h9-11H,1-8H2,(H,14,15). The zero-order valence-corrected chi connectivity index (χ0v) is 10.3. The monoisotopic (exact) mass is 245 g/mol. The molecule has 1 saturated heterocycles. The smallest absolute Gasteiger partial charge is 0.225 e. The molecule has 16 heavy (non-hydrogen) atoms. The minimum atomic E-state index is 0.0795. The third-order valence-corrected chi connectivity index (χ3v) is 4.25. The van der Waals surface area contributed by atoms with Gasteiger partial charge in [-0.2, -0.15) is 0 Å². The highest BCUT2D eigenvalue weighted by Gasteiger charge is 2.28. The number of ether oxygens (including phenoxy) is 1. The molecule has 0 spiro atoms. The molecule has 3 nitrogen and oxygen atoms in total. The molecule has 2 aliphatic rings. The fourth-order valence-corrected chi connectivity index (χ4v) is 3.11. The van der Waals surface area contributed by atoms with Gasteiger partial charge in [0, 0.05) is 19.0 Å². The normalized spacial score (nSPS) is 34.2. The second-order valence-corrected chi connectivity index (χ2v) is 5.22. The Morgan fingerprint density at radius 2 is 2.12 bits per heavy atom. The van der Waals surface area contributed by atoms with Crippen LogP contribution in [-0.4, -0.2) is 31.5 Å². The van der Waals surface area contributed by atoms with E-state index in [0.717, 1.165) is 25.5 Å². The van der Waals surface area contributed by atoms with Crippen molar-refractivity contribution in [3.8, 4) is 0 Å². The van der Waals surface area contributed by atoms with E-state index in [9.17, 15) is 4.79 Å². The van der Waals surface area contributed by atoms with Crippen molar-refractivity contribution in [2.75, 3.05) is 25.6 Å². The zero-order valence-electron chi connectivity index (χ0n) is 9.58. The van der Waals surface area contributed by atoms with Gasteiger partial charge in [0.05, 0.1) is 12.5 Å². The summed E-state index contributed by atoms with van der Waals surface area (Å²) in [6.45, 7) is 2.12. The van der Waals surface area contributed by atoms with E-state index in [2.05, 4.69) is 5.32 Å². The van der Waals surface area contributed by atoms with Crippen LogP contribution >= 0.6 is 11.6 Å². The van der Waals surface area contributed by atoms with E-state index in [0.29, 0.717) is 18.4 Å². The lowest BCUT2D eigenvalue weighted by Crippen LogP contribution is -2.35. The lowest BCUT2D eigenvalue weighted by molar-refractivity contribution is -0.125. The molecule has 0 radical (unpaired) electrons. The van der Waals surface area contributed by atoms with E-state index in [1.165, 1.54) is 19.3 Å². The second-order valence-electron chi connectivity index (χ2n) is 4.91. The van der Waals surface area contributed by atoms with Gasteiger partial charge < -0.3 is 10.1 Å². The molecule has 1 aliphatic carbocycles.